The highest BCUT2D eigenvalue weighted by Crippen LogP contribution is 2.32. The molecule has 0 aliphatic heterocycles. The summed E-state index contributed by atoms with van der Waals surface area (Å²) in [6.45, 7) is 1.83. The SMILES string of the molecule is Oc1cccc(Sc2ccccc2CCNCc2ccccc2)c1. The van der Waals surface area contributed by atoms with Gasteiger partial charge in [0.1, 0.15) is 5.75 Å². The van der Waals surface area contributed by atoms with Gasteiger partial charge in [-0.15, -0.1) is 0 Å². The summed E-state index contributed by atoms with van der Waals surface area (Å²) in [6.07, 6.45) is 0.981. The smallest absolute Gasteiger partial charge is 0.116 e. The van der Waals surface area contributed by atoms with Gasteiger partial charge in [0.15, 0.2) is 0 Å². The van der Waals surface area contributed by atoms with E-state index in [-0.39, 0.29) is 0 Å². The van der Waals surface area contributed by atoms with Crippen molar-refractivity contribution in [3.05, 3.63) is 90.0 Å². The van der Waals surface area contributed by atoms with Crippen LogP contribution in [0.2, 0.25) is 0 Å². The lowest BCUT2D eigenvalue weighted by molar-refractivity contribution is 0.474. The van der Waals surface area contributed by atoms with Crippen LogP contribution >= 0.6 is 11.8 Å². The van der Waals surface area contributed by atoms with Crippen LogP contribution in [0.3, 0.4) is 0 Å². The van der Waals surface area contributed by atoms with E-state index >= 15 is 0 Å². The molecule has 0 saturated heterocycles. The van der Waals surface area contributed by atoms with Crippen LogP contribution in [-0.2, 0) is 13.0 Å². The second-order valence-corrected chi connectivity index (χ2v) is 6.73. The van der Waals surface area contributed by atoms with E-state index < -0.39 is 0 Å². The first-order valence-electron chi connectivity index (χ1n) is 8.11. The summed E-state index contributed by atoms with van der Waals surface area (Å²) in [5.41, 5.74) is 2.63. The molecule has 0 aliphatic rings. The Hall–Kier alpha value is -2.23. The lowest BCUT2D eigenvalue weighted by Crippen LogP contribution is -2.16. The molecule has 0 fully saturated rings. The highest BCUT2D eigenvalue weighted by molar-refractivity contribution is 7.99. The molecule has 3 aromatic rings. The standard InChI is InChI=1S/C21H21NOS/c23-19-10-6-11-20(15-19)24-21-12-5-4-9-18(21)13-14-22-16-17-7-2-1-3-8-17/h1-12,15,22-23H,13-14,16H2. The summed E-state index contributed by atoms with van der Waals surface area (Å²) in [5, 5.41) is 13.1. The monoisotopic (exact) mass is 335 g/mol. The topological polar surface area (TPSA) is 32.3 Å². The number of nitrogens with one attached hydrogen (secondary N) is 1. The summed E-state index contributed by atoms with van der Waals surface area (Å²) in [4.78, 5) is 2.30. The summed E-state index contributed by atoms with van der Waals surface area (Å²) in [5.74, 6) is 0.307. The molecule has 3 heteroatoms. The molecule has 0 aromatic heterocycles. The zero-order valence-corrected chi connectivity index (χ0v) is 14.3. The van der Waals surface area contributed by atoms with E-state index in [1.54, 1.807) is 23.9 Å². The Morgan fingerprint density at radius 1 is 0.833 bits per heavy atom. The van der Waals surface area contributed by atoms with Gasteiger partial charge in [-0.25, -0.2) is 0 Å². The average Bonchev–Trinajstić information content (AvgIpc) is 2.61. The lowest BCUT2D eigenvalue weighted by Gasteiger charge is -2.10. The highest BCUT2D eigenvalue weighted by Gasteiger charge is 2.04. The molecule has 3 aromatic carbocycles. The normalized spacial score (nSPS) is 10.7. The van der Waals surface area contributed by atoms with Crippen molar-refractivity contribution in [3.63, 3.8) is 0 Å². The van der Waals surface area contributed by atoms with Crippen LogP contribution in [0.5, 0.6) is 5.75 Å². The molecule has 0 aliphatic carbocycles. The third-order valence-electron chi connectivity index (χ3n) is 3.76. The van der Waals surface area contributed by atoms with Crippen LogP contribution in [0.1, 0.15) is 11.1 Å². The fourth-order valence-electron chi connectivity index (χ4n) is 2.54. The third-order valence-corrected chi connectivity index (χ3v) is 4.87. The highest BCUT2D eigenvalue weighted by atomic mass is 32.2. The Labute approximate surface area is 147 Å². The summed E-state index contributed by atoms with van der Waals surface area (Å²) in [7, 11) is 0. The van der Waals surface area contributed by atoms with Gasteiger partial charge in [0.2, 0.25) is 0 Å². The molecule has 2 N–H and O–H groups in total. The molecule has 0 radical (unpaired) electrons. The summed E-state index contributed by atoms with van der Waals surface area (Å²) < 4.78 is 0. The minimum absolute atomic E-state index is 0.307. The van der Waals surface area contributed by atoms with Crippen molar-refractivity contribution in [1.82, 2.24) is 5.32 Å². The molecule has 0 saturated carbocycles. The number of aromatic hydroxyl groups is 1. The van der Waals surface area contributed by atoms with E-state index in [1.807, 2.05) is 18.2 Å². The van der Waals surface area contributed by atoms with Crippen LogP contribution in [0, 0.1) is 0 Å². The van der Waals surface area contributed by atoms with Crippen molar-refractivity contribution in [2.45, 2.75) is 22.8 Å². The quantitative estimate of drug-likeness (QED) is 0.604. The van der Waals surface area contributed by atoms with E-state index in [2.05, 4.69) is 53.8 Å². The minimum Gasteiger partial charge on any atom is -0.508 e. The molecule has 0 heterocycles. The molecule has 0 atom stereocenters. The van der Waals surface area contributed by atoms with Crippen LogP contribution < -0.4 is 5.32 Å². The van der Waals surface area contributed by atoms with Gasteiger partial charge in [0.05, 0.1) is 0 Å². The van der Waals surface area contributed by atoms with E-state index in [1.165, 1.54) is 16.0 Å². The predicted molar refractivity (Wildman–Crippen MR) is 101 cm³/mol. The van der Waals surface area contributed by atoms with Gasteiger partial charge in [-0.3, -0.25) is 0 Å². The van der Waals surface area contributed by atoms with E-state index in [0.717, 1.165) is 24.4 Å². The van der Waals surface area contributed by atoms with Gasteiger partial charge in [-0.05, 0) is 48.4 Å². The van der Waals surface area contributed by atoms with Crippen molar-refractivity contribution in [2.24, 2.45) is 0 Å². The van der Waals surface area contributed by atoms with Crippen molar-refractivity contribution in [2.75, 3.05) is 6.54 Å². The van der Waals surface area contributed by atoms with Crippen LogP contribution in [0.25, 0.3) is 0 Å². The maximum atomic E-state index is 9.62. The largest absolute Gasteiger partial charge is 0.508 e. The van der Waals surface area contributed by atoms with Crippen LogP contribution in [-0.4, -0.2) is 11.7 Å². The average molecular weight is 335 g/mol. The zero-order valence-electron chi connectivity index (χ0n) is 13.5. The minimum atomic E-state index is 0.307. The van der Waals surface area contributed by atoms with Crippen LogP contribution in [0.4, 0.5) is 0 Å². The van der Waals surface area contributed by atoms with E-state index in [4.69, 9.17) is 0 Å². The molecule has 0 spiro atoms. The Morgan fingerprint density at radius 3 is 2.46 bits per heavy atom. The number of phenols is 1. The van der Waals surface area contributed by atoms with Crippen molar-refractivity contribution in [3.8, 4) is 5.75 Å². The van der Waals surface area contributed by atoms with Gasteiger partial charge in [0.25, 0.3) is 0 Å². The molecule has 0 amide bonds. The Balaban J connectivity index is 1.58. The van der Waals surface area contributed by atoms with Gasteiger partial charge in [-0.2, -0.15) is 0 Å². The fraction of sp³-hybridized carbons (Fsp3) is 0.143. The molecular formula is C21H21NOS. The summed E-state index contributed by atoms with van der Waals surface area (Å²) >= 11 is 1.70. The van der Waals surface area contributed by atoms with E-state index in [9.17, 15) is 5.11 Å². The number of rotatable bonds is 7. The Morgan fingerprint density at radius 2 is 1.62 bits per heavy atom. The first-order valence-corrected chi connectivity index (χ1v) is 8.92. The summed E-state index contributed by atoms with van der Waals surface area (Å²) in [6, 6.07) is 26.3. The molecule has 0 bridgehead atoms. The first kappa shape index (κ1) is 16.6. The molecule has 122 valence electrons. The number of hydrogen-bond donors (Lipinski definition) is 2. The van der Waals surface area contributed by atoms with Crippen LogP contribution in [0.15, 0.2) is 88.7 Å². The molecule has 3 rings (SSSR count). The predicted octanol–water partition coefficient (Wildman–Crippen LogP) is 4.88. The van der Waals surface area contributed by atoms with Gasteiger partial charge < -0.3 is 10.4 Å². The molecule has 2 nitrogen and oxygen atoms in total. The lowest BCUT2D eigenvalue weighted by atomic mass is 10.1. The number of hydrogen-bond acceptors (Lipinski definition) is 3. The first-order chi connectivity index (χ1) is 11.8. The van der Waals surface area contributed by atoms with Gasteiger partial charge >= 0.3 is 0 Å². The molecular weight excluding hydrogens is 314 g/mol. The van der Waals surface area contributed by atoms with Gasteiger partial charge in [0, 0.05) is 16.3 Å². The van der Waals surface area contributed by atoms with Gasteiger partial charge in [-0.1, -0.05) is 66.4 Å². The van der Waals surface area contributed by atoms with E-state index in [0.29, 0.717) is 5.75 Å². The Bertz CT molecular complexity index is 774. The second kappa shape index (κ2) is 8.57. The van der Waals surface area contributed by atoms with Crippen molar-refractivity contribution < 1.29 is 5.11 Å². The maximum absolute atomic E-state index is 9.62. The fourth-order valence-corrected chi connectivity index (χ4v) is 3.56. The van der Waals surface area contributed by atoms with Crippen molar-refractivity contribution >= 4 is 11.8 Å². The number of phenolic OH excluding ortho intramolecular Hbond substituents is 1. The second-order valence-electron chi connectivity index (χ2n) is 5.62. The zero-order chi connectivity index (χ0) is 16.6. The molecule has 0 unspecified atom stereocenters. The third kappa shape index (κ3) is 4.88. The maximum Gasteiger partial charge on any atom is 0.116 e. The number of benzene rings is 3. The Kier molecular flexibility index (Phi) is 5.94. The molecule has 24 heavy (non-hydrogen) atoms. The van der Waals surface area contributed by atoms with Crippen molar-refractivity contribution in [1.29, 1.82) is 0 Å².